The molecule has 3 aromatic rings. The summed E-state index contributed by atoms with van der Waals surface area (Å²) in [4.78, 5) is 3.47. The second-order valence-electron chi connectivity index (χ2n) is 6.28. The van der Waals surface area contributed by atoms with E-state index in [2.05, 4.69) is 4.85 Å². The summed E-state index contributed by atoms with van der Waals surface area (Å²) in [6, 6.07) is 7.50. The van der Waals surface area contributed by atoms with Crippen LogP contribution < -0.4 is 4.57 Å². The zero-order chi connectivity index (χ0) is 18.5. The highest BCUT2D eigenvalue weighted by atomic mass is 19.1. The van der Waals surface area contributed by atoms with Gasteiger partial charge in [0, 0.05) is 13.0 Å². The predicted octanol–water partition coefficient (Wildman–Crippen LogP) is 5.25. The molecule has 0 saturated heterocycles. The first kappa shape index (κ1) is 14.8. The van der Waals surface area contributed by atoms with Crippen LogP contribution in [0.5, 0.6) is 0 Å². The molecule has 24 heavy (non-hydrogen) atoms. The van der Waals surface area contributed by atoms with E-state index in [1.165, 1.54) is 0 Å². The Morgan fingerprint density at radius 2 is 1.83 bits per heavy atom. The summed E-state index contributed by atoms with van der Waals surface area (Å²) in [5.74, 6) is -0.230. The maximum atomic E-state index is 15.1. The summed E-state index contributed by atoms with van der Waals surface area (Å²) in [5, 5.41) is 1.47. The summed E-state index contributed by atoms with van der Waals surface area (Å²) >= 11 is 0. The number of pyridine rings is 1. The molecule has 3 rings (SSSR count). The molecule has 0 saturated carbocycles. The highest BCUT2D eigenvalue weighted by Crippen LogP contribution is 2.34. The quantitative estimate of drug-likeness (QED) is 0.427. The molecular formula is C21H20FN2+. The van der Waals surface area contributed by atoms with Crippen LogP contribution in [0.3, 0.4) is 0 Å². The molecule has 0 unspecified atom stereocenters. The molecule has 0 aliphatic carbocycles. The molecule has 0 amide bonds. The van der Waals surface area contributed by atoms with Crippen LogP contribution in [0.2, 0.25) is 0 Å². The van der Waals surface area contributed by atoms with Gasteiger partial charge in [-0.25, -0.2) is 9.24 Å². The molecule has 3 heteroatoms. The number of aromatic nitrogens is 1. The monoisotopic (exact) mass is 320 g/mol. The van der Waals surface area contributed by atoms with Gasteiger partial charge in [0.15, 0.2) is 11.4 Å². The normalized spacial score (nSPS) is 11.5. The molecule has 1 heterocycles. The predicted molar refractivity (Wildman–Crippen MR) is 95.7 cm³/mol. The van der Waals surface area contributed by atoms with Gasteiger partial charge in [0.05, 0.1) is 18.9 Å². The standard InChI is InChI=1S/C21H20FN2/c1-12-9-13(2)20(22)19(15(12)4)21-18-8-7-17(23-5)11-16(18)10-14(3)24(21)6/h7-11H,1-4,6H3/q+1/i10D. The molecule has 1 aromatic heterocycles. The molecule has 0 bridgehead atoms. The van der Waals surface area contributed by atoms with Crippen LogP contribution in [-0.2, 0) is 7.05 Å². The Hall–Kier alpha value is -2.73. The minimum atomic E-state index is -0.230. The van der Waals surface area contributed by atoms with Crippen LogP contribution in [0.4, 0.5) is 10.1 Å². The summed E-state index contributed by atoms with van der Waals surface area (Å²) in [6.45, 7) is 14.8. The van der Waals surface area contributed by atoms with Gasteiger partial charge in [0.25, 0.3) is 0 Å². The summed E-state index contributed by atoms with van der Waals surface area (Å²) < 4.78 is 25.4. The maximum Gasteiger partial charge on any atom is 0.223 e. The Balaban J connectivity index is 2.57. The molecule has 0 aliphatic heterocycles. The Bertz CT molecular complexity index is 1050. The fourth-order valence-electron chi connectivity index (χ4n) is 3.18. The van der Waals surface area contributed by atoms with E-state index in [0.717, 1.165) is 27.9 Å². The van der Waals surface area contributed by atoms with E-state index in [0.29, 0.717) is 28.2 Å². The minimum absolute atomic E-state index is 0.230. The van der Waals surface area contributed by atoms with Gasteiger partial charge in [-0.3, -0.25) is 0 Å². The van der Waals surface area contributed by atoms with Gasteiger partial charge in [0.1, 0.15) is 12.9 Å². The second kappa shape index (κ2) is 5.72. The zero-order valence-electron chi connectivity index (χ0n) is 15.6. The average Bonchev–Trinajstić information content (AvgIpc) is 2.60. The van der Waals surface area contributed by atoms with E-state index in [1.807, 2.05) is 44.5 Å². The van der Waals surface area contributed by atoms with Crippen LogP contribution in [0.25, 0.3) is 26.9 Å². The first-order valence-corrected chi connectivity index (χ1v) is 7.85. The lowest BCUT2D eigenvalue weighted by atomic mass is 9.93. The van der Waals surface area contributed by atoms with E-state index >= 15 is 4.39 Å². The molecular weight excluding hydrogens is 299 g/mol. The maximum absolute atomic E-state index is 15.1. The largest absolute Gasteiger partial charge is 0.238 e. The van der Waals surface area contributed by atoms with Gasteiger partial charge in [0.2, 0.25) is 5.69 Å². The number of hydrogen-bond donors (Lipinski definition) is 0. The van der Waals surface area contributed by atoms with Crippen molar-refractivity contribution in [2.75, 3.05) is 0 Å². The van der Waals surface area contributed by atoms with Gasteiger partial charge in [-0.05, 0) is 48.9 Å². The Labute approximate surface area is 143 Å². The van der Waals surface area contributed by atoms with Crippen LogP contribution in [0.1, 0.15) is 23.8 Å². The fourth-order valence-corrected chi connectivity index (χ4v) is 3.18. The van der Waals surface area contributed by atoms with Gasteiger partial charge in [-0.2, -0.15) is 4.57 Å². The lowest BCUT2D eigenvalue weighted by Crippen LogP contribution is -2.35. The van der Waals surface area contributed by atoms with E-state index in [4.69, 9.17) is 7.94 Å². The molecule has 120 valence electrons. The molecule has 0 radical (unpaired) electrons. The third kappa shape index (κ3) is 2.35. The van der Waals surface area contributed by atoms with Crippen molar-refractivity contribution in [2.45, 2.75) is 27.7 Å². The van der Waals surface area contributed by atoms with E-state index < -0.39 is 0 Å². The van der Waals surface area contributed by atoms with Gasteiger partial charge < -0.3 is 0 Å². The van der Waals surface area contributed by atoms with Crippen molar-refractivity contribution in [3.63, 3.8) is 0 Å². The number of fused-ring (bicyclic) bond motifs is 1. The van der Waals surface area contributed by atoms with Gasteiger partial charge in [-0.15, -0.1) is 0 Å². The van der Waals surface area contributed by atoms with Crippen molar-refractivity contribution in [1.82, 2.24) is 0 Å². The van der Waals surface area contributed by atoms with E-state index in [1.54, 1.807) is 19.1 Å². The molecule has 0 spiro atoms. The topological polar surface area (TPSA) is 8.24 Å². The summed E-state index contributed by atoms with van der Waals surface area (Å²) in [7, 11) is 1.86. The van der Waals surface area contributed by atoms with Crippen molar-refractivity contribution in [3.05, 3.63) is 69.9 Å². The van der Waals surface area contributed by atoms with Gasteiger partial charge >= 0.3 is 0 Å². The number of rotatable bonds is 1. The zero-order valence-corrected chi connectivity index (χ0v) is 14.6. The highest BCUT2D eigenvalue weighted by molar-refractivity contribution is 5.96. The van der Waals surface area contributed by atoms with Crippen molar-refractivity contribution >= 4 is 16.5 Å². The molecule has 0 fully saturated rings. The van der Waals surface area contributed by atoms with Gasteiger partial charge in [-0.1, -0.05) is 18.2 Å². The Morgan fingerprint density at radius 3 is 2.50 bits per heavy atom. The summed E-state index contributed by atoms with van der Waals surface area (Å²) in [6.07, 6.45) is 0. The second-order valence-corrected chi connectivity index (χ2v) is 6.28. The van der Waals surface area contributed by atoms with E-state index in [9.17, 15) is 0 Å². The smallest absolute Gasteiger partial charge is 0.223 e. The van der Waals surface area contributed by atoms with Crippen molar-refractivity contribution in [2.24, 2.45) is 7.05 Å². The lowest BCUT2D eigenvalue weighted by Gasteiger charge is -2.14. The first-order chi connectivity index (χ1) is 11.8. The van der Waals surface area contributed by atoms with Crippen molar-refractivity contribution in [3.8, 4) is 11.3 Å². The van der Waals surface area contributed by atoms with Crippen molar-refractivity contribution < 1.29 is 10.3 Å². The number of nitrogens with zero attached hydrogens (tertiary/aromatic N) is 2. The van der Waals surface area contributed by atoms with Crippen molar-refractivity contribution in [1.29, 1.82) is 0 Å². The Kier molecular flexibility index (Phi) is 3.54. The number of benzene rings is 2. The number of hydrogen-bond acceptors (Lipinski definition) is 0. The SMILES string of the molecule is [2H]c1c(C)[n+](C)c(-c2c(C)c(C)cc(C)c2F)c2ccc([N+]#[C-])cc12. The first-order valence-electron chi connectivity index (χ1n) is 8.35. The molecule has 2 nitrogen and oxygen atoms in total. The average molecular weight is 320 g/mol. The fraction of sp³-hybridized carbons (Fsp3) is 0.238. The number of halogens is 1. The van der Waals surface area contributed by atoms with E-state index in [-0.39, 0.29) is 5.82 Å². The third-order valence-corrected chi connectivity index (χ3v) is 4.74. The molecule has 0 N–H and O–H groups in total. The highest BCUT2D eigenvalue weighted by Gasteiger charge is 2.24. The molecule has 2 aromatic carbocycles. The summed E-state index contributed by atoms with van der Waals surface area (Å²) in [5.41, 5.74) is 5.08. The van der Waals surface area contributed by atoms with Crippen LogP contribution >= 0.6 is 0 Å². The minimum Gasteiger partial charge on any atom is -0.238 e. The molecule has 0 atom stereocenters. The van der Waals surface area contributed by atoms with Crippen LogP contribution in [-0.4, -0.2) is 0 Å². The lowest BCUT2D eigenvalue weighted by molar-refractivity contribution is -0.665. The van der Waals surface area contributed by atoms with Crippen LogP contribution in [0.15, 0.2) is 30.3 Å². The molecule has 0 aliphatic rings. The van der Waals surface area contributed by atoms with Crippen LogP contribution in [0, 0.1) is 40.1 Å². The Morgan fingerprint density at radius 1 is 1.12 bits per heavy atom. The number of aryl methyl sites for hydroxylation is 2. The third-order valence-electron chi connectivity index (χ3n) is 4.74.